The Bertz CT molecular complexity index is 445. The van der Waals surface area contributed by atoms with Crippen LogP contribution in [0.5, 0.6) is 0 Å². The van der Waals surface area contributed by atoms with Crippen molar-refractivity contribution in [2.75, 3.05) is 20.7 Å². The molecule has 0 heterocycles. The fourth-order valence-electron chi connectivity index (χ4n) is 1.33. The van der Waals surface area contributed by atoms with E-state index < -0.39 is 5.97 Å². The van der Waals surface area contributed by atoms with Crippen LogP contribution in [0.25, 0.3) is 0 Å². The first-order valence-electron chi connectivity index (χ1n) is 5.04. The van der Waals surface area contributed by atoms with Crippen molar-refractivity contribution in [1.29, 1.82) is 0 Å². The molecular weight excluding hydrogens is 286 g/mol. The summed E-state index contributed by atoms with van der Waals surface area (Å²) in [4.78, 5) is 24.3. The van der Waals surface area contributed by atoms with Crippen LogP contribution in [0.15, 0.2) is 22.7 Å². The fourth-order valence-corrected chi connectivity index (χ4v) is 1.57. The number of rotatable bonds is 3. The third-order valence-electron chi connectivity index (χ3n) is 2.35. The number of nitrogens with zero attached hydrogens (tertiary/aromatic N) is 1. The summed E-state index contributed by atoms with van der Waals surface area (Å²) in [5.41, 5.74) is 1.53. The van der Waals surface area contributed by atoms with E-state index in [0.717, 1.165) is 10.0 Å². The van der Waals surface area contributed by atoms with Crippen LogP contribution in [0.3, 0.4) is 0 Å². The number of amides is 1. The second-order valence-electron chi connectivity index (χ2n) is 3.70. The van der Waals surface area contributed by atoms with Crippen LogP contribution in [0.2, 0.25) is 0 Å². The van der Waals surface area contributed by atoms with Gasteiger partial charge in [0.1, 0.15) is 6.54 Å². The summed E-state index contributed by atoms with van der Waals surface area (Å²) in [5, 5.41) is 0. The molecule has 0 aliphatic rings. The van der Waals surface area contributed by atoms with Gasteiger partial charge in [-0.05, 0) is 30.7 Å². The summed E-state index contributed by atoms with van der Waals surface area (Å²) < 4.78 is 5.46. The van der Waals surface area contributed by atoms with E-state index in [4.69, 9.17) is 0 Å². The van der Waals surface area contributed by atoms with E-state index in [1.54, 1.807) is 19.2 Å². The zero-order valence-corrected chi connectivity index (χ0v) is 11.6. The van der Waals surface area contributed by atoms with E-state index in [-0.39, 0.29) is 12.5 Å². The first kappa shape index (κ1) is 13.7. The number of carbonyl (C=O) groups is 2. The molecule has 1 rings (SSSR count). The summed E-state index contributed by atoms with van der Waals surface area (Å²) in [6.07, 6.45) is 0. The van der Waals surface area contributed by atoms with Crippen molar-refractivity contribution >= 4 is 27.8 Å². The molecule has 1 aromatic rings. The molecule has 0 aromatic heterocycles. The molecule has 0 aliphatic carbocycles. The van der Waals surface area contributed by atoms with Crippen LogP contribution in [0.4, 0.5) is 0 Å². The zero-order valence-electron chi connectivity index (χ0n) is 9.99. The molecule has 1 amide bonds. The summed E-state index contributed by atoms with van der Waals surface area (Å²) >= 11 is 3.37. The van der Waals surface area contributed by atoms with E-state index in [9.17, 15) is 9.59 Å². The van der Waals surface area contributed by atoms with Gasteiger partial charge in [0.2, 0.25) is 0 Å². The molecule has 0 aliphatic heterocycles. The monoisotopic (exact) mass is 299 g/mol. The lowest BCUT2D eigenvalue weighted by Crippen LogP contribution is -2.32. The quantitative estimate of drug-likeness (QED) is 0.802. The molecule has 0 bridgehead atoms. The van der Waals surface area contributed by atoms with E-state index in [1.807, 2.05) is 13.0 Å². The molecule has 0 unspecified atom stereocenters. The van der Waals surface area contributed by atoms with Gasteiger partial charge in [-0.1, -0.05) is 15.9 Å². The lowest BCUT2D eigenvalue weighted by molar-refractivity contribution is -0.141. The van der Waals surface area contributed by atoms with Crippen molar-refractivity contribution < 1.29 is 14.3 Å². The van der Waals surface area contributed by atoms with Crippen LogP contribution in [0.1, 0.15) is 15.9 Å². The number of esters is 1. The van der Waals surface area contributed by atoms with Crippen molar-refractivity contribution in [2.24, 2.45) is 0 Å². The Morgan fingerprint density at radius 1 is 1.41 bits per heavy atom. The highest BCUT2D eigenvalue weighted by molar-refractivity contribution is 9.10. The molecule has 0 saturated carbocycles. The number of likely N-dealkylation sites (N-methyl/N-ethyl adjacent to an activating group) is 1. The summed E-state index contributed by atoms with van der Waals surface area (Å²) in [6, 6.07) is 5.31. The van der Waals surface area contributed by atoms with Gasteiger partial charge in [0.25, 0.3) is 5.91 Å². The predicted molar refractivity (Wildman–Crippen MR) is 67.9 cm³/mol. The van der Waals surface area contributed by atoms with Crippen molar-refractivity contribution in [3.05, 3.63) is 33.8 Å². The standard InChI is InChI=1S/C12H14BrNO3/c1-8-6-9(4-5-10(8)13)12(16)14(2)7-11(15)17-3/h4-6H,7H2,1-3H3. The highest BCUT2D eigenvalue weighted by atomic mass is 79.9. The third kappa shape index (κ3) is 3.56. The molecule has 0 N–H and O–H groups in total. The predicted octanol–water partition coefficient (Wildman–Crippen LogP) is 2.00. The second-order valence-corrected chi connectivity index (χ2v) is 4.56. The van der Waals surface area contributed by atoms with Gasteiger partial charge in [-0.3, -0.25) is 9.59 Å². The Balaban J connectivity index is 2.81. The minimum Gasteiger partial charge on any atom is -0.468 e. The number of hydrogen-bond donors (Lipinski definition) is 0. The van der Waals surface area contributed by atoms with Gasteiger partial charge in [-0.25, -0.2) is 0 Å². The SMILES string of the molecule is COC(=O)CN(C)C(=O)c1ccc(Br)c(C)c1. The molecule has 0 radical (unpaired) electrons. The molecule has 5 heteroatoms. The maximum atomic E-state index is 12.0. The Morgan fingerprint density at radius 2 is 2.06 bits per heavy atom. The van der Waals surface area contributed by atoms with Crippen molar-refractivity contribution in [3.63, 3.8) is 0 Å². The Morgan fingerprint density at radius 3 is 2.59 bits per heavy atom. The number of halogens is 1. The largest absolute Gasteiger partial charge is 0.468 e. The van der Waals surface area contributed by atoms with Gasteiger partial charge in [-0.15, -0.1) is 0 Å². The first-order chi connectivity index (χ1) is 7.95. The average molecular weight is 300 g/mol. The molecule has 0 atom stereocenters. The average Bonchev–Trinajstić information content (AvgIpc) is 2.31. The van der Waals surface area contributed by atoms with Gasteiger partial charge >= 0.3 is 5.97 Å². The minimum absolute atomic E-state index is 0.0511. The smallest absolute Gasteiger partial charge is 0.325 e. The molecule has 92 valence electrons. The number of aryl methyl sites for hydroxylation is 1. The maximum Gasteiger partial charge on any atom is 0.325 e. The summed E-state index contributed by atoms with van der Waals surface area (Å²) in [6.45, 7) is 1.85. The summed E-state index contributed by atoms with van der Waals surface area (Å²) in [5.74, 6) is -0.638. The molecular formula is C12H14BrNO3. The Labute approximate surface area is 109 Å². The number of carbonyl (C=O) groups excluding carboxylic acids is 2. The molecule has 0 spiro atoms. The number of ether oxygens (including phenoxy) is 1. The van der Waals surface area contributed by atoms with Gasteiger partial charge in [0, 0.05) is 17.1 Å². The third-order valence-corrected chi connectivity index (χ3v) is 3.24. The van der Waals surface area contributed by atoms with Gasteiger partial charge < -0.3 is 9.64 Å². The van der Waals surface area contributed by atoms with Crippen LogP contribution in [-0.2, 0) is 9.53 Å². The highest BCUT2D eigenvalue weighted by Crippen LogP contribution is 2.17. The van der Waals surface area contributed by atoms with Crippen molar-refractivity contribution in [3.8, 4) is 0 Å². The molecule has 4 nitrogen and oxygen atoms in total. The second kappa shape index (κ2) is 5.82. The Hall–Kier alpha value is -1.36. The Kier molecular flexibility index (Phi) is 4.69. The number of hydrogen-bond acceptors (Lipinski definition) is 3. The van der Waals surface area contributed by atoms with Gasteiger partial charge in [0.05, 0.1) is 7.11 Å². The fraction of sp³-hybridized carbons (Fsp3) is 0.333. The summed E-state index contributed by atoms with van der Waals surface area (Å²) in [7, 11) is 2.86. The van der Waals surface area contributed by atoms with Crippen molar-refractivity contribution in [1.82, 2.24) is 4.90 Å². The van der Waals surface area contributed by atoms with E-state index >= 15 is 0 Å². The zero-order chi connectivity index (χ0) is 13.0. The maximum absolute atomic E-state index is 12.0. The first-order valence-corrected chi connectivity index (χ1v) is 5.83. The van der Waals surface area contributed by atoms with Gasteiger partial charge in [-0.2, -0.15) is 0 Å². The molecule has 0 fully saturated rings. The van der Waals surface area contributed by atoms with Crippen LogP contribution >= 0.6 is 15.9 Å². The van der Waals surface area contributed by atoms with E-state index in [0.29, 0.717) is 5.56 Å². The topological polar surface area (TPSA) is 46.6 Å². The van der Waals surface area contributed by atoms with Crippen LogP contribution in [-0.4, -0.2) is 37.5 Å². The van der Waals surface area contributed by atoms with E-state index in [2.05, 4.69) is 20.7 Å². The number of methoxy groups -OCH3 is 1. The highest BCUT2D eigenvalue weighted by Gasteiger charge is 2.15. The molecule has 0 saturated heterocycles. The van der Waals surface area contributed by atoms with Crippen LogP contribution < -0.4 is 0 Å². The van der Waals surface area contributed by atoms with Crippen LogP contribution in [0, 0.1) is 6.92 Å². The molecule has 1 aromatic carbocycles. The lowest BCUT2D eigenvalue weighted by Gasteiger charge is -2.16. The molecule has 17 heavy (non-hydrogen) atoms. The van der Waals surface area contributed by atoms with E-state index in [1.165, 1.54) is 12.0 Å². The number of benzene rings is 1. The normalized spacial score (nSPS) is 9.88. The minimum atomic E-state index is -0.435. The van der Waals surface area contributed by atoms with Gasteiger partial charge in [0.15, 0.2) is 0 Å². The van der Waals surface area contributed by atoms with Crippen molar-refractivity contribution in [2.45, 2.75) is 6.92 Å². The lowest BCUT2D eigenvalue weighted by atomic mass is 10.1.